The molecule has 2 N–H and O–H groups in total. The van der Waals surface area contributed by atoms with E-state index < -0.39 is 0 Å². The minimum atomic E-state index is -0.0199. The van der Waals surface area contributed by atoms with Crippen molar-refractivity contribution in [1.29, 1.82) is 0 Å². The lowest BCUT2D eigenvalue weighted by Crippen LogP contribution is -2.47. The number of H-pyrrole nitrogens is 1. The molecule has 4 aromatic rings. The van der Waals surface area contributed by atoms with E-state index >= 15 is 0 Å². The topological polar surface area (TPSA) is 76.7 Å². The summed E-state index contributed by atoms with van der Waals surface area (Å²) < 4.78 is 6.02. The van der Waals surface area contributed by atoms with Gasteiger partial charge in [-0.3, -0.25) is 4.90 Å². The van der Waals surface area contributed by atoms with Crippen LogP contribution in [0.1, 0.15) is 32.3 Å². The van der Waals surface area contributed by atoms with Gasteiger partial charge in [0.25, 0.3) is 0 Å². The molecule has 8 nitrogen and oxygen atoms in total. The van der Waals surface area contributed by atoms with Gasteiger partial charge in [-0.15, -0.1) is 0 Å². The van der Waals surface area contributed by atoms with Crippen LogP contribution in [-0.4, -0.2) is 77.7 Å². The fraction of sp³-hybridized carbons (Fsp3) is 0.394. The standard InChI is InChI=1S/C33H40N6O2/c1-3-25-9-11-26(12-10-25)32-35-29-7-4-8-30(31(29)36-32)38-20-18-37(19-21-38)22-23-41-28-15-13-27(14-16-28)34-33(40)39-17-5-6-24(39)2/h4,7-16,24H,3,5-6,17-23H2,1-2H3,(H,34,40)(H,35,36)/t24-/m1/s1. The van der Waals surface area contributed by atoms with E-state index in [1.165, 1.54) is 11.3 Å². The van der Waals surface area contributed by atoms with Gasteiger partial charge in [-0.05, 0) is 68.1 Å². The molecule has 214 valence electrons. The average Bonchev–Trinajstić information content (AvgIpc) is 3.65. The highest BCUT2D eigenvalue weighted by atomic mass is 16.5. The first-order valence-corrected chi connectivity index (χ1v) is 14.9. The third-order valence-corrected chi connectivity index (χ3v) is 8.44. The van der Waals surface area contributed by atoms with E-state index in [9.17, 15) is 4.79 Å². The maximum atomic E-state index is 12.5. The minimum Gasteiger partial charge on any atom is -0.492 e. The first kappa shape index (κ1) is 27.1. The second-order valence-electron chi connectivity index (χ2n) is 11.1. The number of piperazine rings is 1. The molecule has 0 spiro atoms. The Morgan fingerprint density at radius 2 is 1.78 bits per heavy atom. The summed E-state index contributed by atoms with van der Waals surface area (Å²) in [4.78, 5) is 27.8. The zero-order valence-electron chi connectivity index (χ0n) is 24.1. The molecule has 0 unspecified atom stereocenters. The zero-order chi connectivity index (χ0) is 28.2. The number of aryl methyl sites for hydroxylation is 1. The molecule has 0 saturated carbocycles. The van der Waals surface area contributed by atoms with E-state index in [0.29, 0.717) is 12.6 Å². The highest BCUT2D eigenvalue weighted by molar-refractivity contribution is 5.91. The number of imidazole rings is 1. The van der Waals surface area contributed by atoms with Gasteiger partial charge in [0.05, 0.1) is 11.2 Å². The zero-order valence-corrected chi connectivity index (χ0v) is 24.1. The Labute approximate surface area is 242 Å². The number of anilines is 2. The Morgan fingerprint density at radius 3 is 2.49 bits per heavy atom. The van der Waals surface area contributed by atoms with E-state index in [2.05, 4.69) is 76.4 Å². The molecular formula is C33H40N6O2. The number of aromatic nitrogens is 2. The van der Waals surface area contributed by atoms with E-state index in [4.69, 9.17) is 9.72 Å². The monoisotopic (exact) mass is 552 g/mol. The van der Waals surface area contributed by atoms with Crippen LogP contribution in [0.15, 0.2) is 66.7 Å². The fourth-order valence-corrected chi connectivity index (χ4v) is 5.88. The van der Waals surface area contributed by atoms with Gasteiger partial charge in [0, 0.05) is 56.6 Å². The maximum Gasteiger partial charge on any atom is 0.322 e. The Kier molecular flexibility index (Phi) is 8.09. The highest BCUT2D eigenvalue weighted by Gasteiger charge is 2.25. The minimum absolute atomic E-state index is 0.0199. The number of carbonyl (C=O) groups is 1. The van der Waals surface area contributed by atoms with Crippen molar-refractivity contribution < 1.29 is 9.53 Å². The van der Waals surface area contributed by atoms with Gasteiger partial charge in [-0.25, -0.2) is 9.78 Å². The number of fused-ring (bicyclic) bond motifs is 1. The van der Waals surface area contributed by atoms with E-state index in [1.54, 1.807) is 0 Å². The van der Waals surface area contributed by atoms with Crippen molar-refractivity contribution in [2.45, 2.75) is 39.2 Å². The van der Waals surface area contributed by atoms with Crippen LogP contribution in [0, 0.1) is 0 Å². The lowest BCUT2D eigenvalue weighted by molar-refractivity contribution is 0.200. The molecular weight excluding hydrogens is 512 g/mol. The van der Waals surface area contributed by atoms with Crippen LogP contribution in [-0.2, 0) is 6.42 Å². The molecule has 0 radical (unpaired) electrons. The molecule has 8 heteroatoms. The predicted molar refractivity (Wildman–Crippen MR) is 166 cm³/mol. The second kappa shape index (κ2) is 12.2. The number of para-hydroxylation sites is 1. The van der Waals surface area contributed by atoms with Gasteiger partial charge in [-0.2, -0.15) is 0 Å². The van der Waals surface area contributed by atoms with Gasteiger partial charge in [-0.1, -0.05) is 37.3 Å². The first-order chi connectivity index (χ1) is 20.1. The molecule has 1 atom stereocenters. The summed E-state index contributed by atoms with van der Waals surface area (Å²) in [6.45, 7) is 10.5. The van der Waals surface area contributed by atoms with Crippen molar-refractivity contribution in [1.82, 2.24) is 19.8 Å². The molecule has 0 aliphatic carbocycles. The molecule has 2 aliphatic heterocycles. The van der Waals surface area contributed by atoms with Crippen molar-refractivity contribution in [3.63, 3.8) is 0 Å². The fourth-order valence-electron chi connectivity index (χ4n) is 5.88. The molecule has 2 aliphatic rings. The van der Waals surface area contributed by atoms with E-state index in [-0.39, 0.29) is 6.03 Å². The number of hydrogen-bond acceptors (Lipinski definition) is 5. The molecule has 6 rings (SSSR count). The van der Waals surface area contributed by atoms with Crippen LogP contribution in [0.2, 0.25) is 0 Å². The summed E-state index contributed by atoms with van der Waals surface area (Å²) >= 11 is 0. The summed E-state index contributed by atoms with van der Waals surface area (Å²) in [5.41, 5.74) is 6.55. The summed E-state index contributed by atoms with van der Waals surface area (Å²) in [7, 11) is 0. The Balaban J connectivity index is 0.986. The largest absolute Gasteiger partial charge is 0.492 e. The number of hydrogen-bond donors (Lipinski definition) is 2. The summed E-state index contributed by atoms with van der Waals surface area (Å²) in [6.07, 6.45) is 3.19. The van der Waals surface area contributed by atoms with Crippen LogP contribution >= 0.6 is 0 Å². The number of benzene rings is 3. The summed E-state index contributed by atoms with van der Waals surface area (Å²) in [5.74, 6) is 1.74. The third kappa shape index (κ3) is 6.17. The average molecular weight is 553 g/mol. The molecule has 2 saturated heterocycles. The SMILES string of the molecule is CCc1ccc(-c2nc3c(N4CCN(CCOc5ccc(NC(=O)N6CCC[C@H]6C)cc5)CC4)cccc3[nH]2)cc1. The maximum absolute atomic E-state index is 12.5. The normalized spacial score (nSPS) is 17.8. The molecule has 41 heavy (non-hydrogen) atoms. The van der Waals surface area contributed by atoms with Crippen molar-refractivity contribution in [2.75, 3.05) is 56.1 Å². The van der Waals surface area contributed by atoms with Crippen LogP contribution in [0.3, 0.4) is 0 Å². The Morgan fingerprint density at radius 1 is 1.00 bits per heavy atom. The van der Waals surface area contributed by atoms with E-state index in [1.807, 2.05) is 29.2 Å². The summed E-state index contributed by atoms with van der Waals surface area (Å²) in [5, 5.41) is 3.00. The van der Waals surface area contributed by atoms with Gasteiger partial charge in [0.1, 0.15) is 23.7 Å². The number of likely N-dealkylation sites (tertiary alicyclic amines) is 1. The number of ether oxygens (including phenoxy) is 1. The lowest BCUT2D eigenvalue weighted by atomic mass is 10.1. The van der Waals surface area contributed by atoms with Gasteiger partial charge in [0.15, 0.2) is 0 Å². The predicted octanol–water partition coefficient (Wildman–Crippen LogP) is 6.01. The van der Waals surface area contributed by atoms with E-state index in [0.717, 1.165) is 92.4 Å². The molecule has 2 fully saturated rings. The smallest absolute Gasteiger partial charge is 0.322 e. The Hall–Kier alpha value is -4.04. The van der Waals surface area contributed by atoms with Gasteiger partial charge in [0.2, 0.25) is 0 Å². The number of urea groups is 1. The molecule has 3 heterocycles. The second-order valence-corrected chi connectivity index (χ2v) is 11.1. The van der Waals surface area contributed by atoms with Crippen molar-refractivity contribution in [3.8, 4) is 17.1 Å². The van der Waals surface area contributed by atoms with Crippen LogP contribution in [0.5, 0.6) is 5.75 Å². The van der Waals surface area contributed by atoms with Crippen molar-refractivity contribution >= 4 is 28.4 Å². The molecule has 1 aromatic heterocycles. The molecule has 3 aromatic carbocycles. The third-order valence-electron chi connectivity index (χ3n) is 8.44. The van der Waals surface area contributed by atoms with Gasteiger partial charge >= 0.3 is 6.03 Å². The number of rotatable bonds is 8. The van der Waals surface area contributed by atoms with Crippen molar-refractivity contribution in [2.24, 2.45) is 0 Å². The van der Waals surface area contributed by atoms with Crippen LogP contribution < -0.4 is 15.0 Å². The number of aromatic amines is 1. The van der Waals surface area contributed by atoms with Gasteiger partial charge < -0.3 is 24.8 Å². The number of nitrogens with one attached hydrogen (secondary N) is 2. The Bertz CT molecular complexity index is 1460. The highest BCUT2D eigenvalue weighted by Crippen LogP contribution is 2.29. The van der Waals surface area contributed by atoms with Crippen molar-refractivity contribution in [3.05, 3.63) is 72.3 Å². The number of amides is 2. The number of nitrogens with zero attached hydrogens (tertiary/aromatic N) is 4. The first-order valence-electron chi connectivity index (χ1n) is 14.9. The molecule has 0 bridgehead atoms. The van der Waals surface area contributed by atoms with Crippen LogP contribution in [0.4, 0.5) is 16.2 Å². The molecule has 2 amide bonds. The van der Waals surface area contributed by atoms with Crippen LogP contribution in [0.25, 0.3) is 22.4 Å². The summed E-state index contributed by atoms with van der Waals surface area (Å²) in [6, 6.07) is 23.0. The number of carbonyl (C=O) groups excluding carboxylic acids is 1. The quantitative estimate of drug-likeness (QED) is 0.280. The lowest BCUT2D eigenvalue weighted by Gasteiger charge is -2.36.